The van der Waals surface area contributed by atoms with Crippen molar-refractivity contribution in [2.75, 3.05) is 24.7 Å². The highest BCUT2D eigenvalue weighted by Gasteiger charge is 2.55. The first kappa shape index (κ1) is 15.8. The van der Waals surface area contributed by atoms with Gasteiger partial charge in [-0.15, -0.1) is 0 Å². The molecule has 120 valence electrons. The summed E-state index contributed by atoms with van der Waals surface area (Å²) in [5, 5.41) is 0.580. The van der Waals surface area contributed by atoms with Gasteiger partial charge in [-0.1, -0.05) is 49.9 Å². The van der Waals surface area contributed by atoms with Crippen LogP contribution in [0.15, 0.2) is 18.2 Å². The van der Waals surface area contributed by atoms with Crippen LogP contribution >= 0.6 is 11.6 Å². The number of nitrogens with zero attached hydrogens (tertiary/aromatic N) is 1. The summed E-state index contributed by atoms with van der Waals surface area (Å²) >= 11 is 6.37. The molecule has 0 aromatic heterocycles. The molecule has 0 aliphatic carbocycles. The van der Waals surface area contributed by atoms with Gasteiger partial charge in [-0.05, 0) is 18.9 Å². The van der Waals surface area contributed by atoms with Gasteiger partial charge in [0.1, 0.15) is 0 Å². The predicted octanol–water partition coefficient (Wildman–Crippen LogP) is 3.86. The molecule has 1 spiro atoms. The van der Waals surface area contributed by atoms with Crippen molar-refractivity contribution < 1.29 is 14.3 Å². The molecule has 22 heavy (non-hydrogen) atoms. The zero-order valence-corrected chi connectivity index (χ0v) is 13.7. The molecule has 2 aliphatic heterocycles. The average molecular weight is 324 g/mol. The number of fused-ring (bicyclic) bond motifs is 2. The van der Waals surface area contributed by atoms with Crippen LogP contribution in [0.1, 0.15) is 44.6 Å². The van der Waals surface area contributed by atoms with Gasteiger partial charge in [0.15, 0.2) is 0 Å². The zero-order chi connectivity index (χ0) is 15.6. The van der Waals surface area contributed by atoms with Crippen molar-refractivity contribution in [3.63, 3.8) is 0 Å². The molecule has 0 saturated carbocycles. The van der Waals surface area contributed by atoms with Gasteiger partial charge in [-0.3, -0.25) is 4.79 Å². The number of unbranched alkanes of at least 4 members (excludes halogenated alkanes) is 3. The first-order chi connectivity index (χ1) is 10.7. The molecule has 1 fully saturated rings. The summed E-state index contributed by atoms with van der Waals surface area (Å²) in [6.07, 6.45) is 5.22. The third kappa shape index (κ3) is 2.53. The van der Waals surface area contributed by atoms with Crippen LogP contribution in [0.25, 0.3) is 0 Å². The highest BCUT2D eigenvalue weighted by atomic mass is 35.5. The molecule has 0 bridgehead atoms. The monoisotopic (exact) mass is 323 g/mol. The van der Waals surface area contributed by atoms with Crippen molar-refractivity contribution in [1.29, 1.82) is 0 Å². The Morgan fingerprint density at radius 3 is 2.73 bits per heavy atom. The lowest BCUT2D eigenvalue weighted by Crippen LogP contribution is -2.47. The molecule has 1 saturated heterocycles. The number of rotatable bonds is 5. The summed E-state index contributed by atoms with van der Waals surface area (Å²) < 4.78 is 11.6. The molecular formula is C17H22ClNO3. The highest BCUT2D eigenvalue weighted by molar-refractivity contribution is 6.35. The van der Waals surface area contributed by atoms with E-state index in [0.717, 1.165) is 30.5 Å². The molecule has 1 amide bonds. The lowest BCUT2D eigenvalue weighted by atomic mass is 10.1. The molecule has 0 atom stereocenters. The number of amides is 1. The molecule has 2 heterocycles. The second-order valence-corrected chi connectivity index (χ2v) is 6.23. The summed E-state index contributed by atoms with van der Waals surface area (Å²) in [5.41, 5.74) is 1.51. The van der Waals surface area contributed by atoms with Crippen LogP contribution in [0.5, 0.6) is 0 Å². The maximum atomic E-state index is 13.0. The maximum absolute atomic E-state index is 13.0. The molecule has 2 aliphatic rings. The third-order valence-corrected chi connectivity index (χ3v) is 4.58. The number of anilines is 1. The fourth-order valence-electron chi connectivity index (χ4n) is 3.17. The van der Waals surface area contributed by atoms with E-state index < -0.39 is 5.79 Å². The largest absolute Gasteiger partial charge is 0.338 e. The molecule has 0 N–H and O–H groups in total. The number of hydrogen-bond donors (Lipinski definition) is 0. The van der Waals surface area contributed by atoms with E-state index in [1.54, 1.807) is 4.90 Å². The standard InChI is InChI=1S/C17H22ClNO3/c1-2-3-4-5-10-19-15-13(8-6-9-14(15)18)17(16(19)20)21-11-7-12-22-17/h6,8-9H,2-5,7,10-12H2,1H3. The van der Waals surface area contributed by atoms with Gasteiger partial charge in [0, 0.05) is 12.1 Å². The van der Waals surface area contributed by atoms with E-state index >= 15 is 0 Å². The van der Waals surface area contributed by atoms with Crippen LogP contribution in [0.4, 0.5) is 5.69 Å². The second kappa shape index (κ2) is 6.57. The SMILES string of the molecule is CCCCCCN1C(=O)C2(OCCCO2)c2cccc(Cl)c21. The van der Waals surface area contributed by atoms with Crippen molar-refractivity contribution >= 4 is 23.2 Å². The molecule has 4 nitrogen and oxygen atoms in total. The lowest BCUT2D eigenvalue weighted by molar-refractivity contribution is -0.256. The van der Waals surface area contributed by atoms with Crippen LogP contribution < -0.4 is 4.90 Å². The van der Waals surface area contributed by atoms with Gasteiger partial charge in [-0.25, -0.2) is 0 Å². The van der Waals surface area contributed by atoms with Crippen molar-refractivity contribution in [2.24, 2.45) is 0 Å². The lowest BCUT2D eigenvalue weighted by Gasteiger charge is -2.32. The normalized spacial score (nSPS) is 19.7. The van der Waals surface area contributed by atoms with Gasteiger partial charge in [0.05, 0.1) is 23.9 Å². The van der Waals surface area contributed by atoms with Gasteiger partial charge < -0.3 is 14.4 Å². The van der Waals surface area contributed by atoms with Crippen molar-refractivity contribution in [3.8, 4) is 0 Å². The first-order valence-corrected chi connectivity index (χ1v) is 8.47. The Morgan fingerprint density at radius 2 is 2.00 bits per heavy atom. The van der Waals surface area contributed by atoms with Crippen LogP contribution in [0.3, 0.4) is 0 Å². The van der Waals surface area contributed by atoms with E-state index in [1.807, 2.05) is 18.2 Å². The van der Waals surface area contributed by atoms with Crippen LogP contribution in [-0.4, -0.2) is 25.7 Å². The summed E-state index contributed by atoms with van der Waals surface area (Å²) in [7, 11) is 0. The van der Waals surface area contributed by atoms with Gasteiger partial charge in [0.2, 0.25) is 0 Å². The fourth-order valence-corrected chi connectivity index (χ4v) is 3.45. The van der Waals surface area contributed by atoms with E-state index in [4.69, 9.17) is 21.1 Å². The van der Waals surface area contributed by atoms with E-state index in [2.05, 4.69) is 6.92 Å². The maximum Gasteiger partial charge on any atom is 0.292 e. The number of ether oxygens (including phenoxy) is 2. The summed E-state index contributed by atoms with van der Waals surface area (Å²) in [6.45, 7) is 3.89. The highest BCUT2D eigenvalue weighted by Crippen LogP contribution is 2.48. The minimum absolute atomic E-state index is 0.133. The Morgan fingerprint density at radius 1 is 1.23 bits per heavy atom. The zero-order valence-electron chi connectivity index (χ0n) is 12.9. The number of hydrogen-bond acceptors (Lipinski definition) is 3. The smallest absolute Gasteiger partial charge is 0.292 e. The van der Waals surface area contributed by atoms with E-state index in [0.29, 0.717) is 24.8 Å². The number of halogens is 1. The summed E-state index contributed by atoms with van der Waals surface area (Å²) in [4.78, 5) is 14.7. The minimum Gasteiger partial charge on any atom is -0.338 e. The Bertz CT molecular complexity index is 555. The fraction of sp³-hybridized carbons (Fsp3) is 0.588. The Balaban J connectivity index is 1.91. The van der Waals surface area contributed by atoms with Crippen LogP contribution in [0.2, 0.25) is 5.02 Å². The van der Waals surface area contributed by atoms with Crippen molar-refractivity contribution in [2.45, 2.75) is 44.8 Å². The Kier molecular flexibility index (Phi) is 4.71. The summed E-state index contributed by atoms with van der Waals surface area (Å²) in [6, 6.07) is 5.54. The first-order valence-electron chi connectivity index (χ1n) is 8.09. The van der Waals surface area contributed by atoms with Crippen LogP contribution in [-0.2, 0) is 20.1 Å². The topological polar surface area (TPSA) is 38.8 Å². The molecular weight excluding hydrogens is 302 g/mol. The van der Waals surface area contributed by atoms with Gasteiger partial charge in [-0.2, -0.15) is 0 Å². The average Bonchev–Trinajstić information content (AvgIpc) is 2.76. The molecule has 1 aromatic carbocycles. The van der Waals surface area contributed by atoms with E-state index in [-0.39, 0.29) is 5.91 Å². The minimum atomic E-state index is -1.27. The van der Waals surface area contributed by atoms with E-state index in [1.165, 1.54) is 12.8 Å². The second-order valence-electron chi connectivity index (χ2n) is 5.82. The van der Waals surface area contributed by atoms with Crippen molar-refractivity contribution in [1.82, 2.24) is 0 Å². The Labute approximate surface area is 136 Å². The van der Waals surface area contributed by atoms with Gasteiger partial charge in [0.25, 0.3) is 11.7 Å². The van der Waals surface area contributed by atoms with Gasteiger partial charge >= 0.3 is 0 Å². The number of carbonyl (C=O) groups excluding carboxylic acids is 1. The quantitative estimate of drug-likeness (QED) is 0.772. The van der Waals surface area contributed by atoms with Crippen molar-refractivity contribution in [3.05, 3.63) is 28.8 Å². The summed E-state index contributed by atoms with van der Waals surface area (Å²) in [5.74, 6) is -1.41. The number of benzene rings is 1. The third-order valence-electron chi connectivity index (χ3n) is 4.27. The van der Waals surface area contributed by atoms with E-state index in [9.17, 15) is 4.79 Å². The van der Waals surface area contributed by atoms with Crippen LogP contribution in [0, 0.1) is 0 Å². The predicted molar refractivity (Wildman–Crippen MR) is 86.1 cm³/mol. The number of carbonyl (C=O) groups is 1. The molecule has 0 unspecified atom stereocenters. The molecule has 5 heteroatoms. The number of para-hydroxylation sites is 1. The molecule has 1 aromatic rings. The molecule has 0 radical (unpaired) electrons. The molecule has 3 rings (SSSR count). The Hall–Kier alpha value is -1.10.